The second kappa shape index (κ2) is 6.18. The van der Waals surface area contributed by atoms with Crippen molar-refractivity contribution < 1.29 is 10.2 Å². The first-order valence-electron chi connectivity index (χ1n) is 6.64. The van der Waals surface area contributed by atoms with Gasteiger partial charge in [-0.3, -0.25) is 0 Å². The fourth-order valence-corrected chi connectivity index (χ4v) is 2.50. The molecule has 0 saturated carbocycles. The molecule has 0 bridgehead atoms. The lowest BCUT2D eigenvalue weighted by molar-refractivity contribution is 0.0246. The van der Waals surface area contributed by atoms with Crippen LogP contribution in [0.4, 0.5) is 5.69 Å². The van der Waals surface area contributed by atoms with Crippen LogP contribution in [0.3, 0.4) is 0 Å². The van der Waals surface area contributed by atoms with E-state index in [-0.39, 0.29) is 6.54 Å². The zero-order chi connectivity index (χ0) is 13.0. The molecule has 1 fully saturated rings. The number of piperidine rings is 1. The molecule has 2 rings (SSSR count). The van der Waals surface area contributed by atoms with Crippen molar-refractivity contribution in [3.63, 3.8) is 0 Å². The highest BCUT2D eigenvalue weighted by molar-refractivity contribution is 5.55. The van der Waals surface area contributed by atoms with Gasteiger partial charge in [-0.25, -0.2) is 0 Å². The Morgan fingerprint density at radius 1 is 1.11 bits per heavy atom. The van der Waals surface area contributed by atoms with Crippen LogP contribution >= 0.6 is 0 Å². The molecule has 2 unspecified atom stereocenters. The van der Waals surface area contributed by atoms with Crippen molar-refractivity contribution in [1.29, 1.82) is 0 Å². The lowest BCUT2D eigenvalue weighted by atomic mass is 10.00. The fraction of sp³-hybridized carbons (Fsp3) is 0.571. The van der Waals surface area contributed by atoms with Crippen LogP contribution < -0.4 is 10.6 Å². The summed E-state index contributed by atoms with van der Waals surface area (Å²) in [4.78, 5) is 2.28. The molecule has 100 valence electrons. The summed E-state index contributed by atoms with van der Waals surface area (Å²) in [5, 5.41) is 19.9. The Hall–Kier alpha value is -1.10. The van der Waals surface area contributed by atoms with Crippen molar-refractivity contribution in [2.24, 2.45) is 5.73 Å². The molecular weight excluding hydrogens is 228 g/mol. The summed E-state index contributed by atoms with van der Waals surface area (Å²) in [6.45, 7) is 2.10. The number of benzene rings is 1. The van der Waals surface area contributed by atoms with Gasteiger partial charge in [0.2, 0.25) is 0 Å². The number of hydrogen-bond donors (Lipinski definition) is 3. The zero-order valence-electron chi connectivity index (χ0n) is 10.6. The van der Waals surface area contributed by atoms with Gasteiger partial charge >= 0.3 is 0 Å². The minimum absolute atomic E-state index is 0.0650. The maximum absolute atomic E-state index is 10.1. The van der Waals surface area contributed by atoms with E-state index < -0.39 is 12.2 Å². The van der Waals surface area contributed by atoms with Crippen molar-refractivity contribution in [1.82, 2.24) is 0 Å². The number of nitrogens with two attached hydrogens (primary N) is 1. The highest BCUT2D eigenvalue weighted by Crippen LogP contribution is 2.30. The Morgan fingerprint density at radius 3 is 2.44 bits per heavy atom. The quantitative estimate of drug-likeness (QED) is 0.746. The molecule has 1 aliphatic heterocycles. The first-order chi connectivity index (χ1) is 8.74. The summed E-state index contributed by atoms with van der Waals surface area (Å²) >= 11 is 0. The van der Waals surface area contributed by atoms with Crippen molar-refractivity contribution in [2.75, 3.05) is 24.5 Å². The largest absolute Gasteiger partial charge is 0.389 e. The number of rotatable bonds is 4. The van der Waals surface area contributed by atoms with E-state index in [4.69, 9.17) is 5.73 Å². The molecule has 0 amide bonds. The Balaban J connectivity index is 2.24. The zero-order valence-corrected chi connectivity index (χ0v) is 10.6. The minimum atomic E-state index is -0.909. The van der Waals surface area contributed by atoms with Crippen LogP contribution in [-0.4, -0.2) is 36.0 Å². The van der Waals surface area contributed by atoms with Gasteiger partial charge in [0.05, 0.1) is 6.10 Å². The van der Waals surface area contributed by atoms with Gasteiger partial charge in [-0.05, 0) is 25.3 Å². The normalized spacial score (nSPS) is 19.6. The van der Waals surface area contributed by atoms with Crippen molar-refractivity contribution in [3.05, 3.63) is 29.8 Å². The third-order valence-electron chi connectivity index (χ3n) is 3.56. The summed E-state index contributed by atoms with van der Waals surface area (Å²) in [7, 11) is 0. The average molecular weight is 250 g/mol. The summed E-state index contributed by atoms with van der Waals surface area (Å²) in [5.74, 6) is 0. The number of aliphatic hydroxyl groups is 2. The molecule has 1 heterocycles. The second-order valence-corrected chi connectivity index (χ2v) is 4.85. The molecule has 4 N–H and O–H groups in total. The molecule has 18 heavy (non-hydrogen) atoms. The van der Waals surface area contributed by atoms with Crippen LogP contribution in [0.2, 0.25) is 0 Å². The van der Waals surface area contributed by atoms with Crippen molar-refractivity contribution in [2.45, 2.75) is 31.5 Å². The minimum Gasteiger partial charge on any atom is -0.389 e. The molecule has 0 aliphatic carbocycles. The molecule has 4 heteroatoms. The van der Waals surface area contributed by atoms with Gasteiger partial charge < -0.3 is 20.8 Å². The van der Waals surface area contributed by atoms with Gasteiger partial charge in [0.1, 0.15) is 6.10 Å². The van der Waals surface area contributed by atoms with Crippen LogP contribution in [0.25, 0.3) is 0 Å². The van der Waals surface area contributed by atoms with E-state index in [0.717, 1.165) is 24.3 Å². The first kappa shape index (κ1) is 13.3. The predicted molar refractivity (Wildman–Crippen MR) is 72.5 cm³/mol. The Labute approximate surface area is 108 Å². The second-order valence-electron chi connectivity index (χ2n) is 4.85. The summed E-state index contributed by atoms with van der Waals surface area (Å²) < 4.78 is 0. The van der Waals surface area contributed by atoms with Crippen LogP contribution in [0, 0.1) is 0 Å². The Morgan fingerprint density at radius 2 is 1.78 bits per heavy atom. The topological polar surface area (TPSA) is 69.7 Å². The van der Waals surface area contributed by atoms with Gasteiger partial charge in [-0.15, -0.1) is 0 Å². The fourth-order valence-electron chi connectivity index (χ4n) is 2.50. The molecule has 0 radical (unpaired) electrons. The first-order valence-corrected chi connectivity index (χ1v) is 6.64. The van der Waals surface area contributed by atoms with Gasteiger partial charge in [0, 0.05) is 30.9 Å². The lowest BCUT2D eigenvalue weighted by Crippen LogP contribution is -2.33. The highest BCUT2D eigenvalue weighted by Gasteiger charge is 2.22. The molecule has 1 saturated heterocycles. The van der Waals surface area contributed by atoms with E-state index in [2.05, 4.69) is 4.90 Å². The van der Waals surface area contributed by atoms with Crippen LogP contribution in [0.1, 0.15) is 30.9 Å². The van der Waals surface area contributed by atoms with E-state index in [9.17, 15) is 10.2 Å². The number of aliphatic hydroxyl groups excluding tert-OH is 2. The van der Waals surface area contributed by atoms with Gasteiger partial charge in [0.15, 0.2) is 0 Å². The third-order valence-corrected chi connectivity index (χ3v) is 3.56. The number of nitrogens with zero attached hydrogens (tertiary/aromatic N) is 1. The molecular formula is C14H22N2O2. The van der Waals surface area contributed by atoms with E-state index in [0.29, 0.717) is 0 Å². The van der Waals surface area contributed by atoms with E-state index in [1.807, 2.05) is 24.3 Å². The SMILES string of the molecule is NCC(O)C(O)c1ccccc1N1CCCCC1. The monoisotopic (exact) mass is 250 g/mol. The van der Waals surface area contributed by atoms with E-state index >= 15 is 0 Å². The van der Waals surface area contributed by atoms with Gasteiger partial charge in [0.25, 0.3) is 0 Å². The van der Waals surface area contributed by atoms with Crippen molar-refractivity contribution >= 4 is 5.69 Å². The third kappa shape index (κ3) is 2.83. The Kier molecular flexibility index (Phi) is 4.58. The van der Waals surface area contributed by atoms with Gasteiger partial charge in [-0.2, -0.15) is 0 Å². The van der Waals surface area contributed by atoms with Crippen LogP contribution in [0.15, 0.2) is 24.3 Å². The average Bonchev–Trinajstić information content (AvgIpc) is 2.46. The molecule has 1 aromatic carbocycles. The summed E-state index contributed by atoms with van der Waals surface area (Å²) in [5.41, 5.74) is 7.22. The molecule has 0 aromatic heterocycles. The van der Waals surface area contributed by atoms with E-state index in [1.54, 1.807) is 0 Å². The van der Waals surface area contributed by atoms with E-state index in [1.165, 1.54) is 19.3 Å². The summed E-state index contributed by atoms with van der Waals surface area (Å²) in [6.07, 6.45) is 1.82. The highest BCUT2D eigenvalue weighted by atomic mass is 16.3. The smallest absolute Gasteiger partial charge is 0.108 e. The van der Waals surface area contributed by atoms with Gasteiger partial charge in [-0.1, -0.05) is 18.2 Å². The van der Waals surface area contributed by atoms with Crippen molar-refractivity contribution in [3.8, 4) is 0 Å². The maximum atomic E-state index is 10.1. The molecule has 1 aromatic rings. The maximum Gasteiger partial charge on any atom is 0.108 e. The summed E-state index contributed by atoms with van der Waals surface area (Å²) in [6, 6.07) is 7.73. The standard InChI is InChI=1S/C14H22N2O2/c15-10-13(17)14(18)11-6-2-3-7-12(11)16-8-4-1-5-9-16/h2-3,6-7,13-14,17-18H,1,4-5,8-10,15H2. The number of anilines is 1. The van der Waals surface area contributed by atoms with Crippen LogP contribution in [0.5, 0.6) is 0 Å². The lowest BCUT2D eigenvalue weighted by Gasteiger charge is -2.32. The molecule has 4 nitrogen and oxygen atoms in total. The molecule has 0 spiro atoms. The molecule has 2 atom stereocenters. The van der Waals surface area contributed by atoms with Crippen LogP contribution in [-0.2, 0) is 0 Å². The molecule has 1 aliphatic rings. The number of hydrogen-bond acceptors (Lipinski definition) is 4. The Bertz CT molecular complexity index is 357. The predicted octanol–water partition coefficient (Wildman–Crippen LogP) is 1.03. The number of para-hydroxylation sites is 1.